The molecule has 4 aliphatic rings. The molecule has 32 heavy (non-hydrogen) atoms. The maximum Gasteiger partial charge on any atom is 0.225 e. The maximum atomic E-state index is 14.5. The molecular formula is C27H28N2O3. The van der Waals surface area contributed by atoms with Crippen LogP contribution in [-0.2, 0) is 25.2 Å². The minimum Gasteiger partial charge on any atom is -0.340 e. The van der Waals surface area contributed by atoms with E-state index in [-0.39, 0.29) is 29.4 Å². The highest BCUT2D eigenvalue weighted by atomic mass is 16.2. The van der Waals surface area contributed by atoms with Crippen LogP contribution in [0.3, 0.4) is 0 Å². The molecule has 2 saturated carbocycles. The number of rotatable bonds is 4. The van der Waals surface area contributed by atoms with E-state index in [1.807, 2.05) is 70.5 Å². The van der Waals surface area contributed by atoms with Gasteiger partial charge in [0.05, 0.1) is 10.8 Å². The summed E-state index contributed by atoms with van der Waals surface area (Å²) in [5.74, 6) is 0.671. The average Bonchev–Trinajstić information content (AvgIpc) is 3.72. The lowest BCUT2D eigenvalue weighted by molar-refractivity contribution is -0.156. The number of Topliss-reactive ketones (excluding diaryl/α,β-unsaturated/α-hetero) is 1. The van der Waals surface area contributed by atoms with Gasteiger partial charge < -0.3 is 9.80 Å². The van der Waals surface area contributed by atoms with Crippen LogP contribution in [0.5, 0.6) is 0 Å². The number of amides is 2. The number of likely N-dealkylation sites (tertiary alicyclic amines) is 2. The number of piperidine rings is 2. The number of hydrogen-bond donors (Lipinski definition) is 0. The van der Waals surface area contributed by atoms with Crippen LogP contribution < -0.4 is 0 Å². The van der Waals surface area contributed by atoms with Gasteiger partial charge in [0, 0.05) is 38.0 Å². The van der Waals surface area contributed by atoms with Gasteiger partial charge in [-0.15, -0.1) is 0 Å². The zero-order chi connectivity index (χ0) is 21.9. The molecule has 0 atom stereocenters. The van der Waals surface area contributed by atoms with E-state index in [9.17, 15) is 14.4 Å². The van der Waals surface area contributed by atoms with Crippen LogP contribution in [0.4, 0.5) is 0 Å². The molecule has 2 aliphatic heterocycles. The Morgan fingerprint density at radius 3 is 1.28 bits per heavy atom. The molecule has 0 N–H and O–H groups in total. The second kappa shape index (κ2) is 7.03. The highest BCUT2D eigenvalue weighted by Crippen LogP contribution is 2.48. The smallest absolute Gasteiger partial charge is 0.225 e. The fourth-order valence-corrected chi connectivity index (χ4v) is 5.89. The third-order valence-corrected chi connectivity index (χ3v) is 7.84. The molecule has 2 aromatic carbocycles. The van der Waals surface area contributed by atoms with Crippen molar-refractivity contribution in [3.05, 3.63) is 71.8 Å². The largest absolute Gasteiger partial charge is 0.340 e. The molecule has 5 heteroatoms. The van der Waals surface area contributed by atoms with Crippen molar-refractivity contribution in [1.82, 2.24) is 9.80 Å². The van der Waals surface area contributed by atoms with Crippen molar-refractivity contribution in [1.29, 1.82) is 0 Å². The molecule has 2 aromatic rings. The van der Waals surface area contributed by atoms with E-state index in [4.69, 9.17) is 0 Å². The minimum atomic E-state index is -0.900. The number of ketones is 1. The number of nitrogens with zero attached hydrogens (tertiary/aromatic N) is 2. The monoisotopic (exact) mass is 428 g/mol. The van der Waals surface area contributed by atoms with Crippen molar-refractivity contribution < 1.29 is 14.4 Å². The summed E-state index contributed by atoms with van der Waals surface area (Å²) in [7, 11) is 0. The molecule has 6 rings (SSSR count). The highest BCUT2D eigenvalue weighted by molar-refractivity contribution is 6.04. The Hall–Kier alpha value is -2.95. The van der Waals surface area contributed by atoms with Gasteiger partial charge in [0.15, 0.2) is 5.78 Å². The van der Waals surface area contributed by atoms with E-state index in [1.165, 1.54) is 0 Å². The van der Waals surface area contributed by atoms with E-state index in [0.717, 1.165) is 36.8 Å². The lowest BCUT2D eigenvalue weighted by atomic mass is 9.57. The number of benzene rings is 2. The van der Waals surface area contributed by atoms with Crippen molar-refractivity contribution in [3.63, 3.8) is 0 Å². The van der Waals surface area contributed by atoms with Gasteiger partial charge in [-0.1, -0.05) is 60.7 Å². The first-order valence-corrected chi connectivity index (χ1v) is 11.8. The van der Waals surface area contributed by atoms with E-state index in [0.29, 0.717) is 26.2 Å². The molecule has 2 bridgehead atoms. The molecule has 2 aliphatic carbocycles. The summed E-state index contributed by atoms with van der Waals surface area (Å²) in [6.45, 7) is 1.42. The Morgan fingerprint density at radius 2 is 0.969 bits per heavy atom. The molecule has 2 heterocycles. The Morgan fingerprint density at radius 1 is 0.625 bits per heavy atom. The molecule has 164 valence electrons. The molecule has 5 nitrogen and oxygen atoms in total. The second-order valence-corrected chi connectivity index (χ2v) is 10.2. The molecule has 2 amide bonds. The zero-order valence-electron chi connectivity index (χ0n) is 18.2. The summed E-state index contributed by atoms with van der Waals surface area (Å²) in [5.41, 5.74) is 0.0181. The Balaban J connectivity index is 1.53. The first-order valence-electron chi connectivity index (χ1n) is 11.8. The molecular weight excluding hydrogens is 400 g/mol. The van der Waals surface area contributed by atoms with Gasteiger partial charge in [-0.25, -0.2) is 0 Å². The maximum absolute atomic E-state index is 14.5. The summed E-state index contributed by atoms with van der Waals surface area (Å²) in [5, 5.41) is 0. The van der Waals surface area contributed by atoms with Crippen LogP contribution in [0.2, 0.25) is 0 Å². The molecule has 4 fully saturated rings. The van der Waals surface area contributed by atoms with E-state index >= 15 is 0 Å². The predicted molar refractivity (Wildman–Crippen MR) is 120 cm³/mol. The van der Waals surface area contributed by atoms with E-state index in [2.05, 4.69) is 0 Å². The standard InChI is InChI=1S/C27H28N2O3/c30-23(19-11-12-19)28-15-26(21-7-3-1-4-8-21)16-29(24(31)20-13-14-20)18-27(17-28,25(26)32)22-9-5-2-6-10-22/h1-10,19-20H,11-18H2. The van der Waals surface area contributed by atoms with Crippen LogP contribution in [0.1, 0.15) is 36.8 Å². The van der Waals surface area contributed by atoms with Gasteiger partial charge in [0.1, 0.15) is 0 Å². The van der Waals surface area contributed by atoms with Crippen LogP contribution in [0.25, 0.3) is 0 Å². The van der Waals surface area contributed by atoms with E-state index in [1.54, 1.807) is 0 Å². The molecule has 0 aromatic heterocycles. The third kappa shape index (κ3) is 2.94. The predicted octanol–water partition coefficient (Wildman–Crippen LogP) is 2.94. The summed E-state index contributed by atoms with van der Waals surface area (Å²) in [6.07, 6.45) is 3.75. The molecule has 0 unspecified atom stereocenters. The first-order chi connectivity index (χ1) is 15.5. The first kappa shape index (κ1) is 19.7. The average molecular weight is 429 g/mol. The molecule has 0 radical (unpaired) electrons. The van der Waals surface area contributed by atoms with Crippen molar-refractivity contribution >= 4 is 17.6 Å². The van der Waals surface area contributed by atoms with Crippen molar-refractivity contribution in [2.75, 3.05) is 26.2 Å². The Labute approximate surface area is 188 Å². The Bertz CT molecular complexity index is 975. The highest BCUT2D eigenvalue weighted by Gasteiger charge is 2.63. The van der Waals surface area contributed by atoms with Crippen LogP contribution in [-0.4, -0.2) is 53.6 Å². The van der Waals surface area contributed by atoms with Gasteiger partial charge in [0.2, 0.25) is 11.8 Å². The molecule has 2 saturated heterocycles. The van der Waals surface area contributed by atoms with Crippen LogP contribution >= 0.6 is 0 Å². The number of fused-ring (bicyclic) bond motifs is 2. The van der Waals surface area contributed by atoms with Crippen molar-refractivity contribution in [2.45, 2.75) is 36.5 Å². The van der Waals surface area contributed by atoms with Gasteiger partial charge in [0.25, 0.3) is 0 Å². The lowest BCUT2D eigenvalue weighted by Crippen LogP contribution is -2.75. The van der Waals surface area contributed by atoms with Crippen LogP contribution in [0, 0.1) is 11.8 Å². The fraction of sp³-hybridized carbons (Fsp3) is 0.444. The zero-order valence-corrected chi connectivity index (χ0v) is 18.2. The van der Waals surface area contributed by atoms with Crippen molar-refractivity contribution in [2.24, 2.45) is 11.8 Å². The number of carbonyl (C=O) groups excluding carboxylic acids is 3. The third-order valence-electron chi connectivity index (χ3n) is 7.84. The summed E-state index contributed by atoms with van der Waals surface area (Å²) in [6, 6.07) is 19.6. The SMILES string of the molecule is O=C(C1CC1)N1CC2(c3ccccc3)CN(C(=O)C3CC3)CC(c3ccccc3)(C1)C2=O. The van der Waals surface area contributed by atoms with Gasteiger partial charge in [-0.05, 0) is 36.8 Å². The second-order valence-electron chi connectivity index (χ2n) is 10.2. The van der Waals surface area contributed by atoms with Crippen LogP contribution in [0.15, 0.2) is 60.7 Å². The number of carbonyl (C=O) groups is 3. The Kier molecular flexibility index (Phi) is 4.33. The minimum absolute atomic E-state index is 0.0915. The van der Waals surface area contributed by atoms with Gasteiger partial charge in [-0.3, -0.25) is 14.4 Å². The summed E-state index contributed by atoms with van der Waals surface area (Å²) in [4.78, 5) is 45.0. The summed E-state index contributed by atoms with van der Waals surface area (Å²) < 4.78 is 0. The topological polar surface area (TPSA) is 57.7 Å². The normalized spacial score (nSPS) is 29.7. The van der Waals surface area contributed by atoms with E-state index < -0.39 is 10.8 Å². The quantitative estimate of drug-likeness (QED) is 0.752. The fourth-order valence-electron chi connectivity index (χ4n) is 5.89. The van der Waals surface area contributed by atoms with Crippen molar-refractivity contribution in [3.8, 4) is 0 Å². The summed E-state index contributed by atoms with van der Waals surface area (Å²) >= 11 is 0. The number of hydrogen-bond acceptors (Lipinski definition) is 3. The van der Waals surface area contributed by atoms with Gasteiger partial charge >= 0.3 is 0 Å². The lowest BCUT2D eigenvalue weighted by Gasteiger charge is -2.57. The molecule has 0 spiro atoms. The van der Waals surface area contributed by atoms with Gasteiger partial charge in [-0.2, -0.15) is 0 Å².